The van der Waals surface area contributed by atoms with Crippen molar-refractivity contribution >= 4 is 0 Å². The highest BCUT2D eigenvalue weighted by molar-refractivity contribution is 5.65. The summed E-state index contributed by atoms with van der Waals surface area (Å²) in [5.41, 5.74) is -2.46. The molecular weight excluding hydrogens is 559 g/mol. The van der Waals surface area contributed by atoms with Crippen LogP contribution in [0.25, 0.3) is 11.1 Å². The third-order valence-electron chi connectivity index (χ3n) is 5.83. The van der Waals surface area contributed by atoms with E-state index in [2.05, 4.69) is 23.2 Å². The van der Waals surface area contributed by atoms with Crippen LogP contribution in [0, 0.1) is 52.6 Å². The first-order valence-electron chi connectivity index (χ1n) is 11.8. The van der Waals surface area contributed by atoms with Crippen LogP contribution in [0.4, 0.5) is 39.5 Å². The van der Waals surface area contributed by atoms with Crippen molar-refractivity contribution in [1.82, 2.24) is 0 Å². The van der Waals surface area contributed by atoms with Gasteiger partial charge in [-0.3, -0.25) is 0 Å². The molecule has 0 aliphatic heterocycles. The summed E-state index contributed by atoms with van der Waals surface area (Å²) in [5.74, 6) is -5.74. The Morgan fingerprint density at radius 3 is 1.95 bits per heavy atom. The lowest BCUT2D eigenvalue weighted by atomic mass is 10.0. The smallest absolute Gasteiger partial charge is 0.429 e. The molecule has 0 heterocycles. The van der Waals surface area contributed by atoms with Crippen molar-refractivity contribution in [3.63, 3.8) is 0 Å². The van der Waals surface area contributed by atoms with Crippen LogP contribution in [0.3, 0.4) is 0 Å². The van der Waals surface area contributed by atoms with E-state index in [4.69, 9.17) is 0 Å². The molecule has 1 nitrogen and oxygen atoms in total. The average Bonchev–Trinajstić information content (AvgIpc) is 2.89. The van der Waals surface area contributed by atoms with Gasteiger partial charge in [-0.2, -0.15) is 8.78 Å². The zero-order valence-corrected chi connectivity index (χ0v) is 20.8. The van der Waals surface area contributed by atoms with Crippen LogP contribution in [-0.2, 0) is 12.5 Å². The van der Waals surface area contributed by atoms with Crippen molar-refractivity contribution < 1.29 is 44.3 Å². The van der Waals surface area contributed by atoms with E-state index in [1.165, 1.54) is 0 Å². The van der Waals surface area contributed by atoms with Crippen molar-refractivity contribution in [1.29, 1.82) is 0 Å². The standard InChI is InChI=1S/C31H17F9O/c1-2-3-4-18-12-24(32)22(25(33)13-18)8-5-17-6-10-23(27(35)11-17)31(39,40)41-20-7-9-21(26(34)16-20)19-14-28(36)30(38)29(37)15-19/h2,6-7,9-16H,1,3-4H2. The molecule has 0 aromatic heterocycles. The van der Waals surface area contributed by atoms with Crippen LogP contribution in [0.2, 0.25) is 0 Å². The summed E-state index contributed by atoms with van der Waals surface area (Å²) in [6.07, 6.45) is -1.87. The summed E-state index contributed by atoms with van der Waals surface area (Å²) in [4.78, 5) is 0. The second-order valence-electron chi connectivity index (χ2n) is 8.72. The molecule has 210 valence electrons. The molecule has 0 aliphatic carbocycles. The highest BCUT2D eigenvalue weighted by Crippen LogP contribution is 2.35. The van der Waals surface area contributed by atoms with E-state index in [9.17, 15) is 39.5 Å². The summed E-state index contributed by atoms with van der Waals surface area (Å²) in [6.45, 7) is 3.53. The Morgan fingerprint density at radius 2 is 1.37 bits per heavy atom. The minimum atomic E-state index is -4.32. The molecule has 0 amide bonds. The number of aryl methyl sites for hydroxylation is 1. The highest BCUT2D eigenvalue weighted by Gasteiger charge is 2.38. The summed E-state index contributed by atoms with van der Waals surface area (Å²) in [7, 11) is 0. The van der Waals surface area contributed by atoms with Gasteiger partial charge in [0.25, 0.3) is 0 Å². The molecule has 4 rings (SSSR count). The monoisotopic (exact) mass is 576 g/mol. The molecular formula is C31H17F9O. The molecule has 0 atom stereocenters. The minimum absolute atomic E-state index is 0.175. The van der Waals surface area contributed by atoms with Gasteiger partial charge < -0.3 is 4.74 Å². The molecule has 10 heteroatoms. The van der Waals surface area contributed by atoms with Crippen molar-refractivity contribution in [3.8, 4) is 28.7 Å². The molecule has 0 fully saturated rings. The summed E-state index contributed by atoms with van der Waals surface area (Å²) < 4.78 is 132. The zero-order valence-electron chi connectivity index (χ0n) is 20.8. The lowest BCUT2D eigenvalue weighted by Gasteiger charge is -2.19. The van der Waals surface area contributed by atoms with Crippen LogP contribution in [0.1, 0.15) is 28.7 Å². The third kappa shape index (κ3) is 6.57. The summed E-state index contributed by atoms with van der Waals surface area (Å²) in [5, 5.41) is 0. The van der Waals surface area contributed by atoms with E-state index in [-0.39, 0.29) is 5.56 Å². The number of allylic oxidation sites excluding steroid dienone is 1. The van der Waals surface area contributed by atoms with Gasteiger partial charge in [0, 0.05) is 17.2 Å². The van der Waals surface area contributed by atoms with E-state index in [0.29, 0.717) is 48.7 Å². The van der Waals surface area contributed by atoms with Crippen molar-refractivity contribution in [2.45, 2.75) is 19.0 Å². The van der Waals surface area contributed by atoms with E-state index >= 15 is 0 Å². The molecule has 0 bridgehead atoms. The van der Waals surface area contributed by atoms with Crippen molar-refractivity contribution in [2.75, 3.05) is 0 Å². The van der Waals surface area contributed by atoms with Crippen LogP contribution in [-0.4, -0.2) is 0 Å². The lowest BCUT2D eigenvalue weighted by molar-refractivity contribution is -0.187. The highest BCUT2D eigenvalue weighted by atomic mass is 19.3. The third-order valence-corrected chi connectivity index (χ3v) is 5.83. The molecule has 4 aromatic rings. The van der Waals surface area contributed by atoms with Gasteiger partial charge in [-0.05, 0) is 78.6 Å². The fourth-order valence-electron chi connectivity index (χ4n) is 3.83. The van der Waals surface area contributed by atoms with E-state index in [1.54, 1.807) is 6.08 Å². The van der Waals surface area contributed by atoms with Crippen molar-refractivity contribution in [2.24, 2.45) is 0 Å². The number of benzene rings is 4. The summed E-state index contributed by atoms with van der Waals surface area (Å²) in [6, 6.07) is 7.65. The topological polar surface area (TPSA) is 9.23 Å². The van der Waals surface area contributed by atoms with Gasteiger partial charge in [-0.15, -0.1) is 6.58 Å². The molecule has 0 saturated carbocycles. The van der Waals surface area contributed by atoms with E-state index in [0.717, 1.165) is 30.3 Å². The Kier molecular flexibility index (Phi) is 8.47. The molecule has 0 saturated heterocycles. The molecule has 0 unspecified atom stereocenters. The molecule has 0 spiro atoms. The van der Waals surface area contributed by atoms with Gasteiger partial charge in [0.1, 0.15) is 34.6 Å². The van der Waals surface area contributed by atoms with Gasteiger partial charge >= 0.3 is 6.11 Å². The van der Waals surface area contributed by atoms with Crippen LogP contribution < -0.4 is 4.74 Å². The second-order valence-corrected chi connectivity index (χ2v) is 8.72. The predicted octanol–water partition coefficient (Wildman–Crippen LogP) is 8.97. The predicted molar refractivity (Wildman–Crippen MR) is 133 cm³/mol. The molecule has 4 aromatic carbocycles. The van der Waals surface area contributed by atoms with Crippen LogP contribution in [0.15, 0.2) is 73.3 Å². The van der Waals surface area contributed by atoms with Gasteiger partial charge in [0.15, 0.2) is 17.5 Å². The Balaban J connectivity index is 1.54. The molecule has 0 aliphatic rings. The number of hydrogen-bond donors (Lipinski definition) is 0. The zero-order chi connectivity index (χ0) is 29.9. The Morgan fingerprint density at radius 1 is 0.707 bits per heavy atom. The minimum Gasteiger partial charge on any atom is -0.429 e. The molecule has 0 N–H and O–H groups in total. The normalized spacial score (nSPS) is 11.1. The first-order chi connectivity index (χ1) is 19.4. The van der Waals surface area contributed by atoms with Gasteiger partial charge in [0.05, 0.1) is 5.56 Å². The lowest BCUT2D eigenvalue weighted by Crippen LogP contribution is -2.23. The second kappa shape index (κ2) is 11.8. The Hall–Kier alpha value is -4.65. The quantitative estimate of drug-likeness (QED) is 0.0924. The van der Waals surface area contributed by atoms with Gasteiger partial charge in [-0.1, -0.05) is 17.9 Å². The number of halogens is 9. The Labute approximate surface area is 228 Å². The maximum Gasteiger partial charge on any atom is 0.429 e. The van der Waals surface area contributed by atoms with E-state index in [1.807, 2.05) is 0 Å². The number of ether oxygens (including phenoxy) is 1. The largest absolute Gasteiger partial charge is 0.429 e. The first kappa shape index (κ1) is 29.3. The van der Waals surface area contributed by atoms with Gasteiger partial charge in [0.2, 0.25) is 0 Å². The van der Waals surface area contributed by atoms with Crippen LogP contribution in [0.5, 0.6) is 5.75 Å². The molecule has 41 heavy (non-hydrogen) atoms. The maximum atomic E-state index is 14.8. The molecule has 0 radical (unpaired) electrons. The van der Waals surface area contributed by atoms with E-state index < -0.39 is 74.8 Å². The average molecular weight is 576 g/mol. The fourth-order valence-corrected chi connectivity index (χ4v) is 3.83. The Bertz CT molecular complexity index is 1650. The summed E-state index contributed by atoms with van der Waals surface area (Å²) >= 11 is 0. The fraction of sp³-hybridized carbons (Fsp3) is 0.0968. The number of rotatable bonds is 7. The van der Waals surface area contributed by atoms with Crippen molar-refractivity contribution in [3.05, 3.63) is 136 Å². The SMILES string of the molecule is C=CCCc1cc(F)c(C#Cc2ccc(C(F)(F)Oc3ccc(-c4cc(F)c(F)c(F)c4)c(F)c3)c(F)c2)c(F)c1. The van der Waals surface area contributed by atoms with Crippen LogP contribution >= 0.6 is 0 Å². The number of alkyl halides is 2. The number of hydrogen-bond acceptors (Lipinski definition) is 1. The first-order valence-corrected chi connectivity index (χ1v) is 11.8. The maximum absolute atomic E-state index is 14.8. The van der Waals surface area contributed by atoms with Gasteiger partial charge in [-0.25, -0.2) is 30.7 Å².